The summed E-state index contributed by atoms with van der Waals surface area (Å²) >= 11 is 0. The molecular formula is C74H82O8. The maximum atomic E-state index is 13.1. The van der Waals surface area contributed by atoms with E-state index in [9.17, 15) is 9.59 Å². The van der Waals surface area contributed by atoms with Crippen molar-refractivity contribution in [2.24, 2.45) is 0 Å². The van der Waals surface area contributed by atoms with Crippen LogP contribution in [0.25, 0.3) is 0 Å². The van der Waals surface area contributed by atoms with Crippen LogP contribution in [0, 0.1) is 0 Å². The lowest BCUT2D eigenvalue weighted by Crippen LogP contribution is -2.14. The molecule has 8 aromatic rings. The van der Waals surface area contributed by atoms with E-state index in [1.807, 2.05) is 121 Å². The van der Waals surface area contributed by atoms with Gasteiger partial charge in [0.2, 0.25) is 0 Å². The first kappa shape index (κ1) is 60.0. The zero-order valence-corrected chi connectivity index (χ0v) is 47.8. The Morgan fingerprint density at radius 2 is 0.463 bits per heavy atom. The molecule has 0 N–H and O–H groups in total. The number of hydrogen-bond acceptors (Lipinski definition) is 8. The molecule has 0 radical (unpaired) electrons. The van der Waals surface area contributed by atoms with Crippen LogP contribution in [0.15, 0.2) is 218 Å². The summed E-state index contributed by atoms with van der Waals surface area (Å²) in [4.78, 5) is 26.1. The van der Waals surface area contributed by atoms with Crippen molar-refractivity contribution in [3.8, 4) is 23.0 Å². The third-order valence-corrected chi connectivity index (χ3v) is 15.0. The SMILES string of the molecule is O=C(CCCCCCCCCCCCCCCCC(=O)OCC(c1ccc(OCc2ccccc2)cc1)c1ccc(OCc2ccccc2)cc1)OCC(c1ccc(OCc2ccccc2)cc1)c1ccc(OCc2ccccc2)cc1. The Morgan fingerprint density at radius 3 is 0.683 bits per heavy atom. The second-order valence-electron chi connectivity index (χ2n) is 21.3. The number of carbonyl (C=O) groups excluding carboxylic acids is 2. The van der Waals surface area contributed by atoms with E-state index in [-0.39, 0.29) is 37.0 Å². The van der Waals surface area contributed by atoms with Crippen LogP contribution in [0.3, 0.4) is 0 Å². The maximum absolute atomic E-state index is 13.1. The summed E-state index contributed by atoms with van der Waals surface area (Å²) in [5.74, 6) is 2.62. The summed E-state index contributed by atoms with van der Waals surface area (Å²) in [6.45, 7) is 2.52. The molecule has 0 fully saturated rings. The number of rotatable bonds is 37. The highest BCUT2D eigenvalue weighted by atomic mass is 16.5. The first-order valence-electron chi connectivity index (χ1n) is 29.9. The van der Waals surface area contributed by atoms with Crippen LogP contribution < -0.4 is 18.9 Å². The van der Waals surface area contributed by atoms with Crippen LogP contribution in [-0.2, 0) is 45.5 Å². The highest BCUT2D eigenvalue weighted by molar-refractivity contribution is 5.69. The molecule has 8 nitrogen and oxygen atoms in total. The van der Waals surface area contributed by atoms with Gasteiger partial charge in [-0.25, -0.2) is 0 Å². The average molecular weight is 1100 g/mol. The van der Waals surface area contributed by atoms with E-state index >= 15 is 0 Å². The Bertz CT molecular complexity index is 2600. The lowest BCUT2D eigenvalue weighted by molar-refractivity contribution is -0.145. The van der Waals surface area contributed by atoms with Gasteiger partial charge in [-0.2, -0.15) is 0 Å². The Hall–Kier alpha value is -8.10. The molecule has 0 aliphatic carbocycles. The first-order valence-corrected chi connectivity index (χ1v) is 29.9. The fourth-order valence-electron chi connectivity index (χ4n) is 10.1. The quantitative estimate of drug-likeness (QED) is 0.0281. The van der Waals surface area contributed by atoms with Gasteiger partial charge < -0.3 is 28.4 Å². The molecule has 0 spiro atoms. The minimum atomic E-state index is -0.147. The fraction of sp³-hybridized carbons (Fsp3) is 0.324. The van der Waals surface area contributed by atoms with Crippen molar-refractivity contribution in [3.63, 3.8) is 0 Å². The van der Waals surface area contributed by atoms with Crippen LogP contribution in [0.1, 0.15) is 159 Å². The lowest BCUT2D eigenvalue weighted by atomic mass is 9.92. The molecule has 8 heteroatoms. The zero-order chi connectivity index (χ0) is 56.5. The molecule has 0 saturated heterocycles. The number of benzene rings is 8. The van der Waals surface area contributed by atoms with Crippen LogP contribution in [-0.4, -0.2) is 25.2 Å². The van der Waals surface area contributed by atoms with Gasteiger partial charge in [-0.1, -0.05) is 247 Å². The number of unbranched alkanes of at least 4 members (excludes halogenated alkanes) is 13. The van der Waals surface area contributed by atoms with Gasteiger partial charge in [0.1, 0.15) is 62.6 Å². The van der Waals surface area contributed by atoms with E-state index in [2.05, 4.69) is 97.1 Å². The van der Waals surface area contributed by atoms with Crippen molar-refractivity contribution in [2.75, 3.05) is 13.2 Å². The molecule has 8 rings (SSSR count). The predicted octanol–water partition coefficient (Wildman–Crippen LogP) is 18.3. The molecule has 0 aliphatic rings. The van der Waals surface area contributed by atoms with Crippen molar-refractivity contribution in [1.82, 2.24) is 0 Å². The van der Waals surface area contributed by atoms with Crippen LogP contribution in [0.4, 0.5) is 0 Å². The van der Waals surface area contributed by atoms with Crippen molar-refractivity contribution in [1.29, 1.82) is 0 Å². The molecule has 0 unspecified atom stereocenters. The van der Waals surface area contributed by atoms with E-state index in [1.54, 1.807) is 0 Å². The molecule has 0 bridgehead atoms. The Morgan fingerprint density at radius 1 is 0.256 bits per heavy atom. The van der Waals surface area contributed by atoms with Crippen molar-refractivity contribution in [3.05, 3.63) is 263 Å². The molecular weight excluding hydrogens is 1020 g/mol. The van der Waals surface area contributed by atoms with Gasteiger partial charge in [-0.05, 0) is 106 Å². The lowest BCUT2D eigenvalue weighted by Gasteiger charge is -2.19. The van der Waals surface area contributed by atoms with Crippen LogP contribution in [0.5, 0.6) is 23.0 Å². The van der Waals surface area contributed by atoms with E-state index < -0.39 is 0 Å². The number of ether oxygens (including phenoxy) is 6. The largest absolute Gasteiger partial charge is 0.489 e. The maximum Gasteiger partial charge on any atom is 0.305 e. The van der Waals surface area contributed by atoms with Gasteiger partial charge in [0.05, 0.1) is 0 Å². The molecule has 0 amide bonds. The summed E-state index contributed by atoms with van der Waals surface area (Å²) in [5.41, 5.74) is 8.69. The minimum Gasteiger partial charge on any atom is -0.489 e. The summed E-state index contributed by atoms with van der Waals surface area (Å²) in [6.07, 6.45) is 16.8. The van der Waals surface area contributed by atoms with E-state index in [1.165, 1.54) is 51.4 Å². The number of carbonyl (C=O) groups is 2. The van der Waals surface area contributed by atoms with E-state index in [4.69, 9.17) is 28.4 Å². The van der Waals surface area contributed by atoms with Crippen molar-refractivity contribution < 1.29 is 38.0 Å². The van der Waals surface area contributed by atoms with Crippen LogP contribution >= 0.6 is 0 Å². The van der Waals surface area contributed by atoms with Gasteiger partial charge in [0.15, 0.2) is 0 Å². The van der Waals surface area contributed by atoms with Gasteiger partial charge in [0.25, 0.3) is 0 Å². The fourth-order valence-corrected chi connectivity index (χ4v) is 10.1. The number of hydrogen-bond donors (Lipinski definition) is 0. The van der Waals surface area contributed by atoms with E-state index in [0.717, 1.165) is 106 Å². The second kappa shape index (κ2) is 34.9. The molecule has 0 heterocycles. The molecule has 0 aliphatic heterocycles. The van der Waals surface area contributed by atoms with Crippen molar-refractivity contribution >= 4 is 11.9 Å². The third kappa shape index (κ3) is 21.8. The Labute approximate surface area is 487 Å². The normalized spacial score (nSPS) is 11.1. The standard InChI is InChI=1S/C74H82O8/c75-73(81-57-71(63-37-45-67(46-38-63)77-53-59-27-17-13-18-28-59)64-39-47-68(48-40-64)78-54-60-29-19-14-20-30-60)35-25-11-9-7-5-3-1-2-4-6-8-10-12-26-36-74(76)82-58-72(65-41-49-69(50-42-65)79-55-61-31-21-15-22-32-61)66-43-51-70(52-44-66)80-56-62-33-23-16-24-34-62/h13-24,27-34,37-52,71-72H,1-12,25-26,35-36,53-58H2. The summed E-state index contributed by atoms with van der Waals surface area (Å²) in [6, 6.07) is 73.0. The topological polar surface area (TPSA) is 89.5 Å². The van der Waals surface area contributed by atoms with Crippen LogP contribution in [0.2, 0.25) is 0 Å². The Kier molecular flexibility index (Phi) is 25.5. The monoisotopic (exact) mass is 1100 g/mol. The highest BCUT2D eigenvalue weighted by Gasteiger charge is 2.20. The van der Waals surface area contributed by atoms with Gasteiger partial charge >= 0.3 is 11.9 Å². The molecule has 0 atom stereocenters. The average Bonchev–Trinajstić information content (AvgIpc) is 3.58. The molecule has 8 aromatic carbocycles. The third-order valence-electron chi connectivity index (χ3n) is 15.0. The van der Waals surface area contributed by atoms with Gasteiger partial charge in [-0.15, -0.1) is 0 Å². The van der Waals surface area contributed by atoms with E-state index in [0.29, 0.717) is 39.3 Å². The smallest absolute Gasteiger partial charge is 0.305 e. The summed E-state index contributed by atoms with van der Waals surface area (Å²) in [7, 11) is 0. The molecule has 426 valence electrons. The second-order valence-corrected chi connectivity index (χ2v) is 21.3. The van der Waals surface area contributed by atoms with Gasteiger partial charge in [-0.3, -0.25) is 9.59 Å². The minimum absolute atomic E-state index is 0.129. The molecule has 82 heavy (non-hydrogen) atoms. The summed E-state index contributed by atoms with van der Waals surface area (Å²) < 4.78 is 36.2. The highest BCUT2D eigenvalue weighted by Crippen LogP contribution is 2.31. The Balaban J connectivity index is 0.662. The first-order chi connectivity index (χ1) is 40.5. The molecule has 0 saturated carbocycles. The summed E-state index contributed by atoms with van der Waals surface area (Å²) in [5, 5.41) is 0. The molecule has 0 aromatic heterocycles. The number of esters is 2. The van der Waals surface area contributed by atoms with Crippen molar-refractivity contribution in [2.45, 2.75) is 141 Å². The predicted molar refractivity (Wildman–Crippen MR) is 328 cm³/mol. The zero-order valence-electron chi connectivity index (χ0n) is 47.8. The van der Waals surface area contributed by atoms with Gasteiger partial charge in [0, 0.05) is 24.7 Å².